The molecule has 1 atom stereocenters. The molecule has 94 valence electrons. The summed E-state index contributed by atoms with van der Waals surface area (Å²) in [6, 6.07) is 8.14. The highest BCUT2D eigenvalue weighted by atomic mass is 32.1. The van der Waals surface area contributed by atoms with Crippen LogP contribution in [0.25, 0.3) is 0 Å². The summed E-state index contributed by atoms with van der Waals surface area (Å²) in [6.07, 6.45) is 2.58. The summed E-state index contributed by atoms with van der Waals surface area (Å²) in [5, 5.41) is 8.76. The van der Waals surface area contributed by atoms with E-state index in [0.29, 0.717) is 13.0 Å². The molecule has 0 fully saturated rings. The van der Waals surface area contributed by atoms with Crippen LogP contribution in [-0.4, -0.2) is 16.3 Å². The van der Waals surface area contributed by atoms with Crippen molar-refractivity contribution in [2.24, 2.45) is 5.73 Å². The van der Waals surface area contributed by atoms with Crippen molar-refractivity contribution >= 4 is 18.6 Å². The summed E-state index contributed by atoms with van der Waals surface area (Å²) >= 11 is 4.48. The number of hydrogen-bond acceptors (Lipinski definition) is 3. The van der Waals surface area contributed by atoms with Gasteiger partial charge in [0.25, 0.3) is 0 Å². The second kappa shape index (κ2) is 7.35. The summed E-state index contributed by atoms with van der Waals surface area (Å²) in [5.41, 5.74) is 7.91. The van der Waals surface area contributed by atoms with Crippen LogP contribution >= 0.6 is 12.6 Å². The lowest BCUT2D eigenvalue weighted by Gasteiger charge is -2.10. The van der Waals surface area contributed by atoms with E-state index in [1.54, 1.807) is 0 Å². The maximum atomic E-state index is 10.4. The van der Waals surface area contributed by atoms with Crippen LogP contribution in [0.3, 0.4) is 0 Å². The molecule has 1 rings (SSSR count). The normalized spacial score (nSPS) is 12.4. The lowest BCUT2D eigenvalue weighted by Crippen LogP contribution is -2.06. The molecule has 1 unspecified atom stereocenters. The highest BCUT2D eigenvalue weighted by Crippen LogP contribution is 2.15. The first-order chi connectivity index (χ1) is 8.11. The van der Waals surface area contributed by atoms with E-state index in [1.165, 1.54) is 5.56 Å². The van der Waals surface area contributed by atoms with Crippen molar-refractivity contribution in [3.63, 3.8) is 0 Å². The average Bonchev–Trinajstić information content (AvgIpc) is 2.28. The molecule has 1 aromatic carbocycles. The molecule has 0 aliphatic carbocycles. The Labute approximate surface area is 107 Å². The Morgan fingerprint density at radius 1 is 1.41 bits per heavy atom. The van der Waals surface area contributed by atoms with Gasteiger partial charge >= 0.3 is 5.97 Å². The molecular formula is C13H19NO2S. The van der Waals surface area contributed by atoms with Crippen molar-refractivity contribution in [2.75, 3.05) is 0 Å². The van der Waals surface area contributed by atoms with Gasteiger partial charge in [-0.15, -0.1) is 0 Å². The Morgan fingerprint density at radius 2 is 2.12 bits per heavy atom. The van der Waals surface area contributed by atoms with E-state index in [1.807, 2.05) is 12.1 Å². The first-order valence-electron chi connectivity index (χ1n) is 5.79. The predicted molar refractivity (Wildman–Crippen MR) is 72.3 cm³/mol. The van der Waals surface area contributed by atoms with Gasteiger partial charge in [-0.05, 0) is 30.4 Å². The van der Waals surface area contributed by atoms with Crippen LogP contribution in [0, 0.1) is 0 Å². The monoisotopic (exact) mass is 253 g/mol. The number of carboxylic acids is 1. The van der Waals surface area contributed by atoms with E-state index in [9.17, 15) is 4.79 Å². The van der Waals surface area contributed by atoms with Gasteiger partial charge in [0.05, 0.1) is 0 Å². The van der Waals surface area contributed by atoms with Crippen molar-refractivity contribution < 1.29 is 9.90 Å². The topological polar surface area (TPSA) is 63.3 Å². The third-order valence-corrected chi connectivity index (χ3v) is 3.07. The summed E-state index contributed by atoms with van der Waals surface area (Å²) < 4.78 is 0. The molecule has 0 aliphatic rings. The Kier molecular flexibility index (Phi) is 6.08. The number of rotatable bonds is 7. The van der Waals surface area contributed by atoms with Crippen LogP contribution in [0.5, 0.6) is 0 Å². The molecule has 0 heterocycles. The maximum Gasteiger partial charge on any atom is 0.303 e. The van der Waals surface area contributed by atoms with E-state index in [0.717, 1.165) is 18.4 Å². The summed E-state index contributed by atoms with van der Waals surface area (Å²) in [5.74, 6) is -0.740. The van der Waals surface area contributed by atoms with E-state index in [-0.39, 0.29) is 11.7 Å². The standard InChI is InChI=1S/C13H19NO2S/c14-9-11-4-1-3-10(7-11)8-12(17)5-2-6-13(15)16/h1,3-4,7,12,17H,2,5-6,8-9,14H2,(H,15,16). The number of carbonyl (C=O) groups is 1. The van der Waals surface area contributed by atoms with Gasteiger partial charge in [0, 0.05) is 18.2 Å². The van der Waals surface area contributed by atoms with Crippen LogP contribution in [-0.2, 0) is 17.8 Å². The molecule has 0 aliphatic heterocycles. The molecule has 3 N–H and O–H groups in total. The van der Waals surface area contributed by atoms with E-state index in [2.05, 4.69) is 24.8 Å². The Morgan fingerprint density at radius 3 is 2.76 bits per heavy atom. The summed E-state index contributed by atoms with van der Waals surface area (Å²) in [4.78, 5) is 10.4. The minimum absolute atomic E-state index is 0.211. The van der Waals surface area contributed by atoms with Crippen LogP contribution in [0.2, 0.25) is 0 Å². The smallest absolute Gasteiger partial charge is 0.303 e. The van der Waals surface area contributed by atoms with Crippen molar-refractivity contribution in [3.05, 3.63) is 35.4 Å². The van der Waals surface area contributed by atoms with Gasteiger partial charge in [0.15, 0.2) is 0 Å². The predicted octanol–water partition coefficient (Wildman–Crippen LogP) is 2.24. The maximum absolute atomic E-state index is 10.4. The number of hydrogen-bond donors (Lipinski definition) is 3. The molecule has 0 spiro atoms. The Hall–Kier alpha value is -1.00. The first-order valence-corrected chi connectivity index (χ1v) is 6.31. The fraction of sp³-hybridized carbons (Fsp3) is 0.462. The van der Waals surface area contributed by atoms with Gasteiger partial charge in [-0.1, -0.05) is 24.3 Å². The van der Waals surface area contributed by atoms with Crippen LogP contribution in [0.15, 0.2) is 24.3 Å². The lowest BCUT2D eigenvalue weighted by molar-refractivity contribution is -0.137. The van der Waals surface area contributed by atoms with Crippen LogP contribution in [0.1, 0.15) is 30.4 Å². The second-order valence-corrected chi connectivity index (χ2v) is 4.90. The third-order valence-electron chi connectivity index (χ3n) is 2.63. The van der Waals surface area contributed by atoms with Gasteiger partial charge in [0.2, 0.25) is 0 Å². The fourth-order valence-electron chi connectivity index (χ4n) is 1.75. The molecule has 0 saturated carbocycles. The van der Waals surface area contributed by atoms with Gasteiger partial charge < -0.3 is 10.8 Å². The van der Waals surface area contributed by atoms with Gasteiger partial charge in [0.1, 0.15) is 0 Å². The SMILES string of the molecule is NCc1cccc(CC(S)CCCC(=O)O)c1. The van der Waals surface area contributed by atoms with Crippen LogP contribution in [0.4, 0.5) is 0 Å². The number of carboxylic acid groups (broad SMARTS) is 1. The molecule has 4 heteroatoms. The molecule has 0 aromatic heterocycles. The number of benzene rings is 1. The lowest BCUT2D eigenvalue weighted by atomic mass is 10.0. The highest BCUT2D eigenvalue weighted by Gasteiger charge is 2.06. The minimum atomic E-state index is -0.740. The molecule has 0 bridgehead atoms. The number of thiol groups is 1. The van der Waals surface area contributed by atoms with E-state index < -0.39 is 5.97 Å². The van der Waals surface area contributed by atoms with Crippen LogP contribution < -0.4 is 5.73 Å². The summed E-state index contributed by atoms with van der Waals surface area (Å²) in [6.45, 7) is 0.546. The van der Waals surface area contributed by atoms with Crippen molar-refractivity contribution in [2.45, 2.75) is 37.5 Å². The van der Waals surface area contributed by atoms with E-state index >= 15 is 0 Å². The minimum Gasteiger partial charge on any atom is -0.481 e. The van der Waals surface area contributed by atoms with Crippen molar-refractivity contribution in [1.82, 2.24) is 0 Å². The second-order valence-electron chi connectivity index (χ2n) is 4.17. The average molecular weight is 253 g/mol. The molecule has 0 saturated heterocycles. The molecule has 17 heavy (non-hydrogen) atoms. The van der Waals surface area contributed by atoms with Crippen molar-refractivity contribution in [1.29, 1.82) is 0 Å². The Balaban J connectivity index is 2.38. The van der Waals surface area contributed by atoms with Crippen molar-refractivity contribution in [3.8, 4) is 0 Å². The third kappa shape index (κ3) is 5.75. The Bertz CT molecular complexity index is 368. The quantitative estimate of drug-likeness (QED) is 0.653. The summed E-state index contributed by atoms with van der Waals surface area (Å²) in [7, 11) is 0. The molecule has 3 nitrogen and oxygen atoms in total. The zero-order valence-corrected chi connectivity index (χ0v) is 10.7. The van der Waals surface area contributed by atoms with Gasteiger partial charge in [-0.2, -0.15) is 12.6 Å². The van der Waals surface area contributed by atoms with Gasteiger partial charge in [-0.3, -0.25) is 4.79 Å². The molecule has 0 amide bonds. The molecular weight excluding hydrogens is 234 g/mol. The number of aliphatic carboxylic acids is 1. The highest BCUT2D eigenvalue weighted by molar-refractivity contribution is 7.80. The molecule has 1 aromatic rings. The number of nitrogens with two attached hydrogens (primary N) is 1. The molecule has 0 radical (unpaired) electrons. The zero-order chi connectivity index (χ0) is 12.7. The van der Waals surface area contributed by atoms with Gasteiger partial charge in [-0.25, -0.2) is 0 Å². The van der Waals surface area contributed by atoms with E-state index in [4.69, 9.17) is 10.8 Å². The first kappa shape index (κ1) is 14.1. The largest absolute Gasteiger partial charge is 0.481 e. The fourth-order valence-corrected chi connectivity index (χ4v) is 2.14. The zero-order valence-electron chi connectivity index (χ0n) is 9.80.